The van der Waals surface area contributed by atoms with Crippen molar-refractivity contribution in [1.82, 2.24) is 10.2 Å². The molecular formula is C16H26N2O. The standard InChI is InChI=1S/C16H26N2O/c1-13(2)16(14-9-6-5-7-10-14)18(4)15(19)11-8-12-17-3/h5-7,9-10,13,16-17H,8,11-12H2,1-4H3. The van der Waals surface area contributed by atoms with E-state index in [1.165, 1.54) is 5.56 Å². The smallest absolute Gasteiger partial charge is 0.222 e. The van der Waals surface area contributed by atoms with Gasteiger partial charge in [-0.3, -0.25) is 4.79 Å². The molecule has 1 aromatic rings. The van der Waals surface area contributed by atoms with Crippen LogP contribution in [0.25, 0.3) is 0 Å². The van der Waals surface area contributed by atoms with E-state index in [-0.39, 0.29) is 11.9 Å². The van der Waals surface area contributed by atoms with Crippen LogP contribution in [0.5, 0.6) is 0 Å². The van der Waals surface area contributed by atoms with Crippen molar-refractivity contribution < 1.29 is 4.79 Å². The summed E-state index contributed by atoms with van der Waals surface area (Å²) < 4.78 is 0. The molecule has 0 aliphatic carbocycles. The molecule has 1 unspecified atom stereocenters. The highest BCUT2D eigenvalue weighted by atomic mass is 16.2. The zero-order valence-electron chi connectivity index (χ0n) is 12.5. The minimum atomic E-state index is 0.156. The van der Waals surface area contributed by atoms with Crippen LogP contribution in [0.1, 0.15) is 38.3 Å². The molecule has 0 aliphatic rings. The Morgan fingerprint density at radius 1 is 1.26 bits per heavy atom. The zero-order valence-corrected chi connectivity index (χ0v) is 12.5. The summed E-state index contributed by atoms with van der Waals surface area (Å²) in [7, 11) is 3.83. The molecule has 3 nitrogen and oxygen atoms in total. The van der Waals surface area contributed by atoms with Gasteiger partial charge < -0.3 is 10.2 Å². The molecule has 106 valence electrons. The first-order valence-corrected chi connectivity index (χ1v) is 7.03. The Morgan fingerprint density at radius 3 is 2.42 bits per heavy atom. The number of hydrogen-bond acceptors (Lipinski definition) is 2. The first kappa shape index (κ1) is 15.7. The van der Waals surface area contributed by atoms with Crippen molar-refractivity contribution in [2.75, 3.05) is 20.6 Å². The van der Waals surface area contributed by atoms with E-state index in [0.29, 0.717) is 12.3 Å². The van der Waals surface area contributed by atoms with Gasteiger partial charge in [0.15, 0.2) is 0 Å². The lowest BCUT2D eigenvalue weighted by Gasteiger charge is -2.32. The maximum Gasteiger partial charge on any atom is 0.222 e. The van der Waals surface area contributed by atoms with Gasteiger partial charge in [-0.15, -0.1) is 0 Å². The van der Waals surface area contributed by atoms with Crippen molar-refractivity contribution in [2.24, 2.45) is 5.92 Å². The van der Waals surface area contributed by atoms with Gasteiger partial charge in [0.05, 0.1) is 6.04 Å². The van der Waals surface area contributed by atoms with E-state index >= 15 is 0 Å². The third kappa shape index (κ3) is 4.67. The van der Waals surface area contributed by atoms with Crippen LogP contribution in [0, 0.1) is 5.92 Å². The summed E-state index contributed by atoms with van der Waals surface area (Å²) in [4.78, 5) is 14.1. The topological polar surface area (TPSA) is 32.3 Å². The molecular weight excluding hydrogens is 236 g/mol. The summed E-state index contributed by atoms with van der Waals surface area (Å²) in [6.45, 7) is 5.21. The molecule has 0 saturated heterocycles. The lowest BCUT2D eigenvalue weighted by atomic mass is 9.94. The van der Waals surface area contributed by atoms with Crippen LogP contribution in [-0.4, -0.2) is 31.4 Å². The number of carbonyl (C=O) groups excluding carboxylic acids is 1. The Balaban J connectivity index is 2.74. The van der Waals surface area contributed by atoms with Crippen LogP contribution in [0.4, 0.5) is 0 Å². The molecule has 0 saturated carbocycles. The van der Waals surface area contributed by atoms with Crippen molar-refractivity contribution in [3.8, 4) is 0 Å². The van der Waals surface area contributed by atoms with E-state index in [2.05, 4.69) is 31.3 Å². The molecule has 0 bridgehead atoms. The molecule has 0 heterocycles. The van der Waals surface area contributed by atoms with Crippen molar-refractivity contribution in [1.29, 1.82) is 0 Å². The summed E-state index contributed by atoms with van der Waals surface area (Å²) in [6.07, 6.45) is 1.49. The SMILES string of the molecule is CNCCCC(=O)N(C)C(c1ccccc1)C(C)C. The first-order valence-electron chi connectivity index (χ1n) is 7.03. The Hall–Kier alpha value is -1.35. The summed E-state index contributed by atoms with van der Waals surface area (Å²) >= 11 is 0. The average molecular weight is 262 g/mol. The van der Waals surface area contributed by atoms with Crippen molar-refractivity contribution >= 4 is 5.91 Å². The van der Waals surface area contributed by atoms with Gasteiger partial charge in [-0.2, -0.15) is 0 Å². The van der Waals surface area contributed by atoms with Crippen molar-refractivity contribution in [2.45, 2.75) is 32.7 Å². The van der Waals surface area contributed by atoms with Crippen molar-refractivity contribution in [3.05, 3.63) is 35.9 Å². The number of hydrogen-bond donors (Lipinski definition) is 1. The highest BCUT2D eigenvalue weighted by Gasteiger charge is 2.23. The largest absolute Gasteiger partial charge is 0.338 e. The fourth-order valence-corrected chi connectivity index (χ4v) is 2.45. The lowest BCUT2D eigenvalue weighted by Crippen LogP contribution is -2.34. The molecule has 19 heavy (non-hydrogen) atoms. The van der Waals surface area contributed by atoms with Gasteiger partial charge in [0.25, 0.3) is 0 Å². The monoisotopic (exact) mass is 262 g/mol. The molecule has 0 aromatic heterocycles. The van der Waals surface area contributed by atoms with Crippen LogP contribution in [-0.2, 0) is 4.79 Å². The molecule has 0 radical (unpaired) electrons. The van der Waals surface area contributed by atoms with Gasteiger partial charge in [0, 0.05) is 13.5 Å². The van der Waals surface area contributed by atoms with Crippen LogP contribution < -0.4 is 5.32 Å². The van der Waals surface area contributed by atoms with E-state index in [9.17, 15) is 4.79 Å². The van der Waals surface area contributed by atoms with E-state index in [1.807, 2.05) is 37.2 Å². The van der Waals surface area contributed by atoms with Crippen LogP contribution in [0.3, 0.4) is 0 Å². The van der Waals surface area contributed by atoms with Gasteiger partial charge in [-0.1, -0.05) is 44.2 Å². The molecule has 0 fully saturated rings. The maximum atomic E-state index is 12.2. The van der Waals surface area contributed by atoms with Gasteiger partial charge in [-0.05, 0) is 31.5 Å². The maximum absolute atomic E-state index is 12.2. The van der Waals surface area contributed by atoms with E-state index in [1.54, 1.807) is 0 Å². The van der Waals surface area contributed by atoms with Crippen molar-refractivity contribution in [3.63, 3.8) is 0 Å². The summed E-state index contributed by atoms with van der Waals surface area (Å²) in [5, 5.41) is 3.07. The number of carbonyl (C=O) groups is 1. The number of benzene rings is 1. The highest BCUT2D eigenvalue weighted by molar-refractivity contribution is 5.76. The molecule has 1 atom stereocenters. The molecule has 0 spiro atoms. The summed E-state index contributed by atoms with van der Waals surface area (Å²) in [6, 6.07) is 10.4. The fourth-order valence-electron chi connectivity index (χ4n) is 2.45. The molecule has 1 N–H and O–H groups in total. The van der Waals surface area contributed by atoms with E-state index < -0.39 is 0 Å². The fraction of sp³-hybridized carbons (Fsp3) is 0.562. The van der Waals surface area contributed by atoms with Crippen LogP contribution >= 0.6 is 0 Å². The molecule has 0 aliphatic heterocycles. The second-order valence-corrected chi connectivity index (χ2v) is 5.31. The molecule has 1 aromatic carbocycles. The number of rotatable bonds is 7. The molecule has 1 rings (SSSR count). The van der Waals surface area contributed by atoms with E-state index in [0.717, 1.165) is 13.0 Å². The normalized spacial score (nSPS) is 12.5. The number of nitrogens with one attached hydrogen (secondary N) is 1. The molecule has 3 heteroatoms. The van der Waals surface area contributed by atoms with Crippen LogP contribution in [0.2, 0.25) is 0 Å². The number of nitrogens with zero attached hydrogens (tertiary/aromatic N) is 1. The van der Waals surface area contributed by atoms with Gasteiger partial charge in [-0.25, -0.2) is 0 Å². The Bertz CT molecular complexity index is 376. The van der Waals surface area contributed by atoms with Gasteiger partial charge in [0.1, 0.15) is 0 Å². The van der Waals surface area contributed by atoms with E-state index in [4.69, 9.17) is 0 Å². The Morgan fingerprint density at radius 2 is 1.89 bits per heavy atom. The van der Waals surface area contributed by atoms with Gasteiger partial charge >= 0.3 is 0 Å². The quantitative estimate of drug-likeness (QED) is 0.766. The third-order valence-electron chi connectivity index (χ3n) is 3.40. The Kier molecular flexibility index (Phi) is 6.57. The lowest BCUT2D eigenvalue weighted by molar-refractivity contribution is -0.133. The molecule has 1 amide bonds. The zero-order chi connectivity index (χ0) is 14.3. The average Bonchev–Trinajstić information content (AvgIpc) is 2.39. The number of amides is 1. The van der Waals surface area contributed by atoms with Crippen LogP contribution in [0.15, 0.2) is 30.3 Å². The van der Waals surface area contributed by atoms with Gasteiger partial charge in [0.2, 0.25) is 5.91 Å². The summed E-state index contributed by atoms with van der Waals surface area (Å²) in [5.74, 6) is 0.624. The predicted octanol–water partition coefficient (Wildman–Crippen LogP) is 2.84. The second-order valence-electron chi connectivity index (χ2n) is 5.31. The summed E-state index contributed by atoms with van der Waals surface area (Å²) in [5.41, 5.74) is 1.21. The predicted molar refractivity (Wildman–Crippen MR) is 80.0 cm³/mol. The third-order valence-corrected chi connectivity index (χ3v) is 3.40. The minimum Gasteiger partial charge on any atom is -0.338 e. The second kappa shape index (κ2) is 7.95. The highest BCUT2D eigenvalue weighted by Crippen LogP contribution is 2.27. The first-order chi connectivity index (χ1) is 9.07. The minimum absolute atomic E-state index is 0.156. The Labute approximate surface area is 117 Å².